The molecule has 2 N–H and O–H groups in total. The van der Waals surface area contributed by atoms with E-state index in [1.807, 2.05) is 25.1 Å². The van der Waals surface area contributed by atoms with Crippen molar-refractivity contribution in [1.82, 2.24) is 4.57 Å². The maximum atomic E-state index is 12.9. The second-order valence-corrected chi connectivity index (χ2v) is 6.97. The average molecular weight is 431 g/mol. The van der Waals surface area contributed by atoms with Crippen LogP contribution in [0.25, 0.3) is 16.9 Å². The summed E-state index contributed by atoms with van der Waals surface area (Å²) in [4.78, 5) is 38.1. The Bertz CT molecular complexity index is 1220. The van der Waals surface area contributed by atoms with E-state index in [-0.39, 0.29) is 16.8 Å². The van der Waals surface area contributed by atoms with E-state index in [0.29, 0.717) is 16.9 Å². The standard InChI is InChI=1S/C24H21N3O5/c1-14-9-11-16(12-10-14)27-20(15-7-5-4-6-8-15)18(17(13-25)22(26)28)19(23(29)31-2)21(27)24(30)32-3/h4-12,17H,1-3H3,(H2,26,28). The number of carbonyl (C=O) groups is 3. The number of benzene rings is 2. The third-order valence-corrected chi connectivity index (χ3v) is 5.02. The van der Waals surface area contributed by atoms with Gasteiger partial charge in [-0.2, -0.15) is 5.26 Å². The van der Waals surface area contributed by atoms with Crippen LogP contribution in [0.5, 0.6) is 0 Å². The van der Waals surface area contributed by atoms with Gasteiger partial charge in [0, 0.05) is 11.3 Å². The molecule has 8 nitrogen and oxygen atoms in total. The van der Waals surface area contributed by atoms with Crippen molar-refractivity contribution in [2.24, 2.45) is 5.73 Å². The lowest BCUT2D eigenvalue weighted by molar-refractivity contribution is -0.118. The fourth-order valence-electron chi connectivity index (χ4n) is 3.57. The molecular formula is C24H21N3O5. The van der Waals surface area contributed by atoms with Gasteiger partial charge < -0.3 is 19.8 Å². The van der Waals surface area contributed by atoms with Crippen molar-refractivity contribution in [2.75, 3.05) is 14.2 Å². The van der Waals surface area contributed by atoms with Crippen molar-refractivity contribution in [2.45, 2.75) is 12.8 Å². The first-order valence-electron chi connectivity index (χ1n) is 9.62. The molecule has 0 saturated carbocycles. The van der Waals surface area contributed by atoms with Crippen LogP contribution in [0.2, 0.25) is 0 Å². The van der Waals surface area contributed by atoms with E-state index in [1.54, 1.807) is 42.5 Å². The van der Waals surface area contributed by atoms with Crippen LogP contribution in [0.3, 0.4) is 0 Å². The van der Waals surface area contributed by atoms with Gasteiger partial charge >= 0.3 is 11.9 Å². The maximum Gasteiger partial charge on any atom is 0.355 e. The van der Waals surface area contributed by atoms with Gasteiger partial charge in [0.2, 0.25) is 5.91 Å². The Kier molecular flexibility index (Phi) is 6.40. The Morgan fingerprint density at radius 2 is 1.56 bits per heavy atom. The Morgan fingerprint density at radius 1 is 0.969 bits per heavy atom. The number of nitrogens with zero attached hydrogens (tertiary/aromatic N) is 2. The number of aromatic nitrogens is 1. The number of nitriles is 1. The third kappa shape index (κ3) is 3.84. The lowest BCUT2D eigenvalue weighted by Gasteiger charge is -2.15. The summed E-state index contributed by atoms with van der Waals surface area (Å²) >= 11 is 0. The Balaban J connectivity index is 2.62. The summed E-state index contributed by atoms with van der Waals surface area (Å²) in [5.74, 6) is -4.22. The van der Waals surface area contributed by atoms with Gasteiger partial charge in [-0.3, -0.25) is 4.79 Å². The van der Waals surface area contributed by atoms with Crippen LogP contribution in [-0.2, 0) is 14.3 Å². The van der Waals surface area contributed by atoms with Gasteiger partial charge in [0.15, 0.2) is 5.92 Å². The van der Waals surface area contributed by atoms with Gasteiger partial charge in [-0.05, 0) is 24.6 Å². The van der Waals surface area contributed by atoms with Crippen molar-refractivity contribution in [3.8, 4) is 23.0 Å². The first-order valence-corrected chi connectivity index (χ1v) is 9.62. The minimum atomic E-state index is -1.52. The number of hydrogen-bond donors (Lipinski definition) is 1. The number of ether oxygens (including phenoxy) is 2. The molecule has 2 aromatic carbocycles. The zero-order valence-corrected chi connectivity index (χ0v) is 17.8. The number of hydrogen-bond acceptors (Lipinski definition) is 6. The molecule has 8 heteroatoms. The maximum absolute atomic E-state index is 12.9. The van der Waals surface area contributed by atoms with Crippen LogP contribution < -0.4 is 5.73 Å². The molecule has 1 heterocycles. The van der Waals surface area contributed by atoms with Gasteiger partial charge in [-0.25, -0.2) is 9.59 Å². The molecule has 3 rings (SSSR count). The molecule has 1 amide bonds. The van der Waals surface area contributed by atoms with E-state index in [9.17, 15) is 19.6 Å². The van der Waals surface area contributed by atoms with E-state index in [2.05, 4.69) is 0 Å². The van der Waals surface area contributed by atoms with Gasteiger partial charge in [0.1, 0.15) is 5.69 Å². The molecule has 0 aliphatic carbocycles. The van der Waals surface area contributed by atoms with Crippen molar-refractivity contribution >= 4 is 17.8 Å². The average Bonchev–Trinajstić information content (AvgIpc) is 3.15. The second kappa shape index (κ2) is 9.18. The van der Waals surface area contributed by atoms with E-state index < -0.39 is 23.8 Å². The molecule has 1 atom stereocenters. The molecule has 1 aromatic heterocycles. The summed E-state index contributed by atoms with van der Waals surface area (Å²) in [6.45, 7) is 1.91. The van der Waals surface area contributed by atoms with E-state index in [1.165, 1.54) is 11.7 Å². The first kappa shape index (κ1) is 22.3. The van der Waals surface area contributed by atoms with Crippen LogP contribution >= 0.6 is 0 Å². The highest BCUT2D eigenvalue weighted by atomic mass is 16.5. The van der Waals surface area contributed by atoms with E-state index in [4.69, 9.17) is 15.2 Å². The topological polar surface area (TPSA) is 124 Å². The number of methoxy groups -OCH3 is 2. The van der Waals surface area contributed by atoms with Gasteiger partial charge in [0.25, 0.3) is 0 Å². The van der Waals surface area contributed by atoms with Gasteiger partial charge in [0.05, 0.1) is 31.5 Å². The lowest BCUT2D eigenvalue weighted by atomic mass is 9.92. The molecule has 0 bridgehead atoms. The van der Waals surface area contributed by atoms with E-state index in [0.717, 1.165) is 12.7 Å². The van der Waals surface area contributed by atoms with E-state index >= 15 is 0 Å². The normalized spacial score (nSPS) is 11.3. The molecule has 0 fully saturated rings. The Hall–Kier alpha value is -4.38. The summed E-state index contributed by atoms with van der Waals surface area (Å²) in [5.41, 5.74) is 7.44. The number of nitrogens with two attached hydrogens (primary N) is 1. The van der Waals surface area contributed by atoms with Gasteiger partial charge in [-0.15, -0.1) is 0 Å². The SMILES string of the molecule is COC(=O)c1c(C(C#N)C(N)=O)c(-c2ccccc2)n(-c2ccc(C)cc2)c1C(=O)OC. The second-order valence-electron chi connectivity index (χ2n) is 6.97. The lowest BCUT2D eigenvalue weighted by Crippen LogP contribution is -2.23. The summed E-state index contributed by atoms with van der Waals surface area (Å²) in [5, 5.41) is 9.77. The molecule has 162 valence electrons. The Labute approximate surface area is 184 Å². The number of esters is 2. The molecule has 1 unspecified atom stereocenters. The number of aryl methyl sites for hydroxylation is 1. The minimum Gasteiger partial charge on any atom is -0.465 e. The zero-order chi connectivity index (χ0) is 23.4. The number of amides is 1. The van der Waals surface area contributed by atoms with Crippen LogP contribution in [-0.4, -0.2) is 36.6 Å². The van der Waals surface area contributed by atoms with Crippen LogP contribution in [0.15, 0.2) is 54.6 Å². The fourth-order valence-corrected chi connectivity index (χ4v) is 3.57. The van der Waals surface area contributed by atoms with Gasteiger partial charge in [-0.1, -0.05) is 48.0 Å². The monoisotopic (exact) mass is 431 g/mol. The van der Waals surface area contributed by atoms with Crippen LogP contribution in [0.1, 0.15) is 37.9 Å². The van der Waals surface area contributed by atoms with Crippen LogP contribution in [0, 0.1) is 18.3 Å². The zero-order valence-electron chi connectivity index (χ0n) is 17.8. The largest absolute Gasteiger partial charge is 0.465 e. The van der Waals surface area contributed by atoms with Crippen molar-refractivity contribution < 1.29 is 23.9 Å². The molecule has 32 heavy (non-hydrogen) atoms. The van der Waals surface area contributed by atoms with Crippen LogP contribution in [0.4, 0.5) is 0 Å². The molecule has 0 saturated heterocycles. The molecule has 0 spiro atoms. The summed E-state index contributed by atoms with van der Waals surface area (Å²) in [6, 6.07) is 17.8. The highest BCUT2D eigenvalue weighted by molar-refractivity contribution is 6.08. The minimum absolute atomic E-state index is 0.0148. The number of rotatable bonds is 6. The summed E-state index contributed by atoms with van der Waals surface area (Å²) in [6.07, 6.45) is 0. The molecule has 0 radical (unpaired) electrons. The first-order chi connectivity index (χ1) is 15.3. The quantitative estimate of drug-likeness (QED) is 0.598. The number of carbonyl (C=O) groups excluding carboxylic acids is 3. The summed E-state index contributed by atoms with van der Waals surface area (Å²) < 4.78 is 11.4. The highest BCUT2D eigenvalue weighted by Crippen LogP contribution is 2.39. The Morgan fingerprint density at radius 3 is 2.06 bits per heavy atom. The van der Waals surface area contributed by atoms with Crippen molar-refractivity contribution in [1.29, 1.82) is 5.26 Å². The summed E-state index contributed by atoms with van der Waals surface area (Å²) in [7, 11) is 2.32. The molecule has 3 aromatic rings. The predicted molar refractivity (Wildman–Crippen MR) is 116 cm³/mol. The molecule has 0 aliphatic heterocycles. The smallest absolute Gasteiger partial charge is 0.355 e. The third-order valence-electron chi connectivity index (χ3n) is 5.02. The molecule has 0 aliphatic rings. The van der Waals surface area contributed by atoms with Crippen molar-refractivity contribution in [3.63, 3.8) is 0 Å². The predicted octanol–water partition coefficient (Wildman–Crippen LogP) is 3.12. The highest BCUT2D eigenvalue weighted by Gasteiger charge is 2.38. The van der Waals surface area contributed by atoms with Crippen molar-refractivity contribution in [3.05, 3.63) is 77.0 Å². The fraction of sp³-hybridized carbons (Fsp3) is 0.167. The molecular weight excluding hydrogens is 410 g/mol. The number of primary amides is 1.